The van der Waals surface area contributed by atoms with Gasteiger partial charge in [0.15, 0.2) is 0 Å². The molecule has 5 nitrogen and oxygen atoms in total. The summed E-state index contributed by atoms with van der Waals surface area (Å²) in [7, 11) is 1.62. The largest absolute Gasteiger partial charge is 0.497 e. The van der Waals surface area contributed by atoms with Gasteiger partial charge in [-0.2, -0.15) is 0 Å². The van der Waals surface area contributed by atoms with E-state index < -0.39 is 0 Å². The quantitative estimate of drug-likeness (QED) is 0.674. The molecule has 2 aromatic rings. The molecule has 0 radical (unpaired) electrons. The number of nitrogens with one attached hydrogen (secondary N) is 2. The van der Waals surface area contributed by atoms with Gasteiger partial charge in [0.2, 0.25) is 0 Å². The third-order valence-corrected chi connectivity index (χ3v) is 6.85. The molecule has 2 atom stereocenters. The molecule has 0 aromatic heterocycles. The van der Waals surface area contributed by atoms with E-state index in [9.17, 15) is 9.59 Å². The van der Waals surface area contributed by atoms with Crippen LogP contribution in [-0.4, -0.2) is 25.0 Å². The number of fused-ring (bicyclic) bond motifs is 1. The average Bonchev–Trinajstić information content (AvgIpc) is 2.75. The van der Waals surface area contributed by atoms with Gasteiger partial charge in [0.05, 0.1) is 17.7 Å². The molecular weight excluding hydrogens is 396 g/mol. The average molecular weight is 423 g/mol. The molecule has 1 saturated carbocycles. The second-order valence-corrected chi connectivity index (χ2v) is 8.98. The Morgan fingerprint density at radius 1 is 1.20 bits per heavy atom. The Hall–Kier alpha value is -2.73. The first kappa shape index (κ1) is 20.5. The third kappa shape index (κ3) is 4.54. The van der Waals surface area contributed by atoms with Crippen LogP contribution in [-0.2, 0) is 4.79 Å². The van der Waals surface area contributed by atoms with Crippen molar-refractivity contribution in [2.75, 3.05) is 12.4 Å². The summed E-state index contributed by atoms with van der Waals surface area (Å²) in [6.45, 7) is 2.20. The van der Waals surface area contributed by atoms with Crippen LogP contribution in [0, 0.1) is 5.92 Å². The van der Waals surface area contributed by atoms with E-state index in [-0.39, 0.29) is 17.9 Å². The Kier molecular flexibility index (Phi) is 6.13. The fraction of sp³-hybridized carbons (Fsp3) is 0.333. The van der Waals surface area contributed by atoms with Crippen LogP contribution in [0.5, 0.6) is 5.75 Å². The molecule has 2 unspecified atom stereocenters. The van der Waals surface area contributed by atoms with Gasteiger partial charge in [-0.25, -0.2) is 0 Å². The fourth-order valence-electron chi connectivity index (χ4n) is 3.97. The van der Waals surface area contributed by atoms with Crippen LogP contribution < -0.4 is 15.4 Å². The Morgan fingerprint density at radius 2 is 2.03 bits per heavy atom. The van der Waals surface area contributed by atoms with Crippen molar-refractivity contribution in [2.45, 2.75) is 43.5 Å². The van der Waals surface area contributed by atoms with Crippen molar-refractivity contribution in [3.63, 3.8) is 0 Å². The van der Waals surface area contributed by atoms with Crippen LogP contribution >= 0.6 is 11.8 Å². The number of thioether (sulfide) groups is 1. The maximum atomic E-state index is 12.7. The number of benzene rings is 2. The maximum absolute atomic E-state index is 12.7. The van der Waals surface area contributed by atoms with Gasteiger partial charge in [0, 0.05) is 16.5 Å². The van der Waals surface area contributed by atoms with Crippen molar-refractivity contribution in [1.82, 2.24) is 5.32 Å². The molecule has 4 rings (SSSR count). The molecule has 0 spiro atoms. The number of methoxy groups -OCH3 is 1. The molecule has 2 aromatic carbocycles. The van der Waals surface area contributed by atoms with E-state index in [1.807, 2.05) is 42.5 Å². The van der Waals surface area contributed by atoms with E-state index in [0.29, 0.717) is 22.1 Å². The van der Waals surface area contributed by atoms with Crippen molar-refractivity contribution in [2.24, 2.45) is 5.92 Å². The smallest absolute Gasteiger partial charge is 0.262 e. The number of carbonyl (C=O) groups is 2. The molecule has 6 heteroatoms. The Balaban J connectivity index is 1.50. The molecule has 1 aliphatic heterocycles. The summed E-state index contributed by atoms with van der Waals surface area (Å²) in [5.74, 6) is 0.996. The zero-order chi connectivity index (χ0) is 21.1. The molecule has 0 saturated heterocycles. The molecule has 1 fully saturated rings. The molecule has 2 N–H and O–H groups in total. The Labute approximate surface area is 181 Å². The number of amides is 2. The molecular formula is C24H26N2O3S. The van der Waals surface area contributed by atoms with Gasteiger partial charge >= 0.3 is 0 Å². The first-order valence-corrected chi connectivity index (χ1v) is 11.1. The van der Waals surface area contributed by atoms with E-state index in [1.165, 1.54) is 18.2 Å². The van der Waals surface area contributed by atoms with E-state index in [1.54, 1.807) is 13.2 Å². The highest BCUT2D eigenvalue weighted by Crippen LogP contribution is 2.39. The number of hydrogen-bond acceptors (Lipinski definition) is 4. The predicted octanol–water partition coefficient (Wildman–Crippen LogP) is 5.09. The standard InChI is InChI=1S/C24H26N2O3S/c1-15-6-3-4-9-19(15)25-23(27)17-10-11-21-20(14-17)26-24(28)22(30-21)13-16-7-5-8-18(12-16)29-2/h5,7-8,10-15,19H,3-4,6,9H2,1-2H3,(H,25,27)(H,26,28)/b22-13+. The summed E-state index contributed by atoms with van der Waals surface area (Å²) >= 11 is 1.41. The summed E-state index contributed by atoms with van der Waals surface area (Å²) in [5.41, 5.74) is 2.15. The summed E-state index contributed by atoms with van der Waals surface area (Å²) in [4.78, 5) is 26.9. The van der Waals surface area contributed by atoms with Crippen molar-refractivity contribution in [3.05, 3.63) is 58.5 Å². The fourth-order valence-corrected chi connectivity index (χ4v) is 4.90. The summed E-state index contributed by atoms with van der Waals surface area (Å²) < 4.78 is 5.25. The van der Waals surface area contributed by atoms with Crippen LogP contribution in [0.25, 0.3) is 6.08 Å². The van der Waals surface area contributed by atoms with Crippen molar-refractivity contribution in [1.29, 1.82) is 0 Å². The third-order valence-electron chi connectivity index (χ3n) is 5.75. The molecule has 0 bridgehead atoms. The highest BCUT2D eigenvalue weighted by Gasteiger charge is 2.25. The van der Waals surface area contributed by atoms with Gasteiger partial charge < -0.3 is 15.4 Å². The van der Waals surface area contributed by atoms with Crippen LogP contribution in [0.3, 0.4) is 0 Å². The highest BCUT2D eigenvalue weighted by atomic mass is 32.2. The van der Waals surface area contributed by atoms with Gasteiger partial charge in [-0.3, -0.25) is 9.59 Å². The molecule has 156 valence electrons. The van der Waals surface area contributed by atoms with Crippen LogP contribution in [0.1, 0.15) is 48.5 Å². The normalized spacial score (nSPS) is 22.2. The van der Waals surface area contributed by atoms with Gasteiger partial charge in [0.1, 0.15) is 5.75 Å². The number of hydrogen-bond donors (Lipinski definition) is 2. The lowest BCUT2D eigenvalue weighted by Gasteiger charge is -2.29. The van der Waals surface area contributed by atoms with Gasteiger partial charge in [-0.1, -0.05) is 43.7 Å². The number of rotatable bonds is 4. The highest BCUT2D eigenvalue weighted by molar-refractivity contribution is 8.04. The topological polar surface area (TPSA) is 67.4 Å². The number of carbonyl (C=O) groups excluding carboxylic acids is 2. The summed E-state index contributed by atoms with van der Waals surface area (Å²) in [6.07, 6.45) is 6.43. The Morgan fingerprint density at radius 3 is 2.83 bits per heavy atom. The first-order valence-electron chi connectivity index (χ1n) is 10.3. The lowest BCUT2D eigenvalue weighted by atomic mass is 9.86. The van der Waals surface area contributed by atoms with E-state index in [2.05, 4.69) is 17.6 Å². The lowest BCUT2D eigenvalue weighted by molar-refractivity contribution is -0.112. The van der Waals surface area contributed by atoms with Gasteiger partial charge in [-0.05, 0) is 60.7 Å². The van der Waals surface area contributed by atoms with E-state index >= 15 is 0 Å². The Bertz CT molecular complexity index is 1000. The second kappa shape index (κ2) is 8.96. The van der Waals surface area contributed by atoms with Crippen molar-refractivity contribution >= 4 is 35.3 Å². The monoisotopic (exact) mass is 422 g/mol. The van der Waals surface area contributed by atoms with Crippen molar-refractivity contribution in [3.8, 4) is 5.75 Å². The summed E-state index contributed by atoms with van der Waals surface area (Å²) in [5, 5.41) is 6.10. The second-order valence-electron chi connectivity index (χ2n) is 7.89. The maximum Gasteiger partial charge on any atom is 0.262 e. The van der Waals surface area contributed by atoms with Crippen LogP contribution in [0.15, 0.2) is 52.3 Å². The number of ether oxygens (including phenoxy) is 1. The zero-order valence-electron chi connectivity index (χ0n) is 17.2. The predicted molar refractivity (Wildman–Crippen MR) is 121 cm³/mol. The molecule has 2 aliphatic rings. The minimum absolute atomic E-state index is 0.0754. The first-order chi connectivity index (χ1) is 14.5. The van der Waals surface area contributed by atoms with Gasteiger partial charge in [-0.15, -0.1) is 0 Å². The van der Waals surface area contributed by atoms with Gasteiger partial charge in [0.25, 0.3) is 11.8 Å². The van der Waals surface area contributed by atoms with Crippen molar-refractivity contribution < 1.29 is 14.3 Å². The summed E-state index contributed by atoms with van der Waals surface area (Å²) in [6, 6.07) is 13.3. The van der Waals surface area contributed by atoms with Crippen LogP contribution in [0.4, 0.5) is 5.69 Å². The molecule has 2 amide bonds. The molecule has 30 heavy (non-hydrogen) atoms. The minimum Gasteiger partial charge on any atom is -0.497 e. The van der Waals surface area contributed by atoms with E-state index in [0.717, 1.165) is 35.5 Å². The number of anilines is 1. The zero-order valence-corrected chi connectivity index (χ0v) is 18.1. The van der Waals surface area contributed by atoms with E-state index in [4.69, 9.17) is 4.74 Å². The minimum atomic E-state index is -0.172. The lowest BCUT2D eigenvalue weighted by Crippen LogP contribution is -2.41. The molecule has 1 heterocycles. The molecule has 1 aliphatic carbocycles. The van der Waals surface area contributed by atoms with Crippen LogP contribution in [0.2, 0.25) is 0 Å². The SMILES string of the molecule is COc1cccc(/C=C2/Sc3ccc(C(=O)NC4CCCCC4C)cc3NC2=O)c1.